The summed E-state index contributed by atoms with van der Waals surface area (Å²) in [7, 11) is 0. The first-order chi connectivity index (χ1) is 8.58. The highest BCUT2D eigenvalue weighted by molar-refractivity contribution is 6.33. The lowest BCUT2D eigenvalue weighted by atomic mass is 9.97. The SMILES string of the molecule is CC1COCCC1NC(=O)c1cc(N)ncc1Cl. The Labute approximate surface area is 111 Å². The van der Waals surface area contributed by atoms with E-state index in [4.69, 9.17) is 22.1 Å². The van der Waals surface area contributed by atoms with Gasteiger partial charge in [-0.3, -0.25) is 4.79 Å². The maximum atomic E-state index is 12.1. The minimum absolute atomic E-state index is 0.108. The average molecular weight is 270 g/mol. The van der Waals surface area contributed by atoms with Crippen LogP contribution in [-0.4, -0.2) is 30.1 Å². The lowest BCUT2D eigenvalue weighted by Crippen LogP contribution is -2.44. The normalized spacial score (nSPS) is 23.7. The van der Waals surface area contributed by atoms with E-state index in [1.165, 1.54) is 12.3 Å². The van der Waals surface area contributed by atoms with Gasteiger partial charge in [-0.1, -0.05) is 18.5 Å². The predicted molar refractivity (Wildman–Crippen MR) is 69.5 cm³/mol. The highest BCUT2D eigenvalue weighted by Crippen LogP contribution is 2.19. The van der Waals surface area contributed by atoms with Crippen LogP contribution in [0, 0.1) is 5.92 Å². The molecule has 0 radical (unpaired) electrons. The largest absolute Gasteiger partial charge is 0.384 e. The Bertz CT molecular complexity index is 453. The van der Waals surface area contributed by atoms with Gasteiger partial charge in [-0.05, 0) is 18.4 Å². The minimum Gasteiger partial charge on any atom is -0.384 e. The van der Waals surface area contributed by atoms with Gasteiger partial charge in [0.2, 0.25) is 0 Å². The molecule has 1 aliphatic rings. The highest BCUT2D eigenvalue weighted by Gasteiger charge is 2.24. The van der Waals surface area contributed by atoms with Crippen LogP contribution in [0.15, 0.2) is 12.3 Å². The number of nitrogens with one attached hydrogen (secondary N) is 1. The molecule has 98 valence electrons. The van der Waals surface area contributed by atoms with Crippen molar-refractivity contribution in [3.05, 3.63) is 22.8 Å². The zero-order valence-electron chi connectivity index (χ0n) is 10.1. The molecule has 0 saturated carbocycles. The van der Waals surface area contributed by atoms with Crippen molar-refractivity contribution in [3.63, 3.8) is 0 Å². The molecule has 1 aliphatic heterocycles. The first kappa shape index (κ1) is 13.1. The van der Waals surface area contributed by atoms with Gasteiger partial charge in [0.05, 0.1) is 17.2 Å². The summed E-state index contributed by atoms with van der Waals surface area (Å²) in [5.41, 5.74) is 5.92. The van der Waals surface area contributed by atoms with Gasteiger partial charge >= 0.3 is 0 Å². The second-order valence-corrected chi connectivity index (χ2v) is 4.92. The monoisotopic (exact) mass is 269 g/mol. The quantitative estimate of drug-likeness (QED) is 0.852. The van der Waals surface area contributed by atoms with Crippen molar-refractivity contribution in [2.75, 3.05) is 18.9 Å². The van der Waals surface area contributed by atoms with Crippen LogP contribution in [0.25, 0.3) is 0 Å². The number of nitrogen functional groups attached to an aromatic ring is 1. The van der Waals surface area contributed by atoms with E-state index < -0.39 is 0 Å². The Balaban J connectivity index is 2.09. The standard InChI is InChI=1S/C12H16ClN3O2/c1-7-6-18-3-2-10(7)16-12(17)8-4-11(14)15-5-9(8)13/h4-5,7,10H,2-3,6H2,1H3,(H2,14,15)(H,16,17). The van der Waals surface area contributed by atoms with Crippen molar-refractivity contribution in [2.45, 2.75) is 19.4 Å². The second-order valence-electron chi connectivity index (χ2n) is 4.51. The third-order valence-corrected chi connectivity index (χ3v) is 3.38. The van der Waals surface area contributed by atoms with E-state index in [0.717, 1.165) is 6.42 Å². The number of halogens is 1. The van der Waals surface area contributed by atoms with E-state index in [9.17, 15) is 4.79 Å². The van der Waals surface area contributed by atoms with Crippen molar-refractivity contribution in [2.24, 2.45) is 5.92 Å². The number of nitrogens with two attached hydrogens (primary N) is 1. The fourth-order valence-corrected chi connectivity index (χ4v) is 2.16. The molecule has 2 unspecified atom stereocenters. The van der Waals surface area contributed by atoms with E-state index in [2.05, 4.69) is 10.3 Å². The van der Waals surface area contributed by atoms with Gasteiger partial charge in [-0.25, -0.2) is 4.98 Å². The molecule has 0 aliphatic carbocycles. The number of carbonyl (C=O) groups excluding carboxylic acids is 1. The van der Waals surface area contributed by atoms with Crippen LogP contribution in [0.3, 0.4) is 0 Å². The Morgan fingerprint density at radius 2 is 2.44 bits per heavy atom. The molecule has 1 aromatic rings. The van der Waals surface area contributed by atoms with Crippen molar-refractivity contribution in [1.29, 1.82) is 0 Å². The van der Waals surface area contributed by atoms with Gasteiger partial charge < -0.3 is 15.8 Å². The zero-order chi connectivity index (χ0) is 13.1. The minimum atomic E-state index is -0.215. The number of aromatic nitrogens is 1. The summed E-state index contributed by atoms with van der Waals surface area (Å²) < 4.78 is 5.33. The third kappa shape index (κ3) is 2.91. The molecule has 0 bridgehead atoms. The van der Waals surface area contributed by atoms with Crippen molar-refractivity contribution in [3.8, 4) is 0 Å². The van der Waals surface area contributed by atoms with Crippen LogP contribution >= 0.6 is 11.6 Å². The molecule has 5 nitrogen and oxygen atoms in total. The molecule has 1 amide bonds. The first-order valence-electron chi connectivity index (χ1n) is 5.87. The number of rotatable bonds is 2. The molecule has 1 fully saturated rings. The topological polar surface area (TPSA) is 77.2 Å². The molecular weight excluding hydrogens is 254 g/mol. The number of amides is 1. The van der Waals surface area contributed by atoms with Crippen LogP contribution in [-0.2, 0) is 4.74 Å². The molecule has 1 aromatic heterocycles. The second kappa shape index (κ2) is 5.54. The van der Waals surface area contributed by atoms with Crippen molar-refractivity contribution in [1.82, 2.24) is 10.3 Å². The molecule has 2 heterocycles. The first-order valence-corrected chi connectivity index (χ1v) is 6.25. The van der Waals surface area contributed by atoms with Gasteiger partial charge in [-0.2, -0.15) is 0 Å². The van der Waals surface area contributed by atoms with Gasteiger partial charge in [0.15, 0.2) is 0 Å². The van der Waals surface area contributed by atoms with Gasteiger partial charge in [0.25, 0.3) is 5.91 Å². The third-order valence-electron chi connectivity index (χ3n) is 3.08. The Kier molecular flexibility index (Phi) is 4.04. The number of ether oxygens (including phenoxy) is 1. The number of anilines is 1. The highest BCUT2D eigenvalue weighted by atomic mass is 35.5. The molecule has 18 heavy (non-hydrogen) atoms. The van der Waals surface area contributed by atoms with Crippen LogP contribution in [0.5, 0.6) is 0 Å². The van der Waals surface area contributed by atoms with Crippen LogP contribution in [0.4, 0.5) is 5.82 Å². The lowest BCUT2D eigenvalue weighted by molar-refractivity contribution is 0.0375. The van der Waals surface area contributed by atoms with Gasteiger partial charge in [0, 0.05) is 18.8 Å². The average Bonchev–Trinajstić information content (AvgIpc) is 2.35. The summed E-state index contributed by atoms with van der Waals surface area (Å²) in [6.07, 6.45) is 2.20. The van der Waals surface area contributed by atoms with Crippen molar-refractivity contribution >= 4 is 23.3 Å². The Hall–Kier alpha value is -1.33. The summed E-state index contributed by atoms with van der Waals surface area (Å²) in [4.78, 5) is 15.9. The zero-order valence-corrected chi connectivity index (χ0v) is 10.9. The summed E-state index contributed by atoms with van der Waals surface area (Å²) >= 11 is 5.94. The molecule has 6 heteroatoms. The molecule has 0 spiro atoms. The number of hydrogen-bond acceptors (Lipinski definition) is 4. The van der Waals surface area contributed by atoms with Crippen LogP contribution in [0.1, 0.15) is 23.7 Å². The number of nitrogens with zero attached hydrogens (tertiary/aromatic N) is 1. The van der Waals surface area contributed by atoms with Gasteiger partial charge in [-0.15, -0.1) is 0 Å². The van der Waals surface area contributed by atoms with Crippen LogP contribution < -0.4 is 11.1 Å². The van der Waals surface area contributed by atoms with E-state index in [0.29, 0.717) is 29.7 Å². The fraction of sp³-hybridized carbons (Fsp3) is 0.500. The number of carbonyl (C=O) groups is 1. The van der Waals surface area contributed by atoms with E-state index in [1.54, 1.807) is 0 Å². The number of hydrogen-bond donors (Lipinski definition) is 2. The summed E-state index contributed by atoms with van der Waals surface area (Å²) in [6.45, 7) is 3.38. The molecule has 2 rings (SSSR count). The van der Waals surface area contributed by atoms with E-state index in [1.807, 2.05) is 6.92 Å². The molecule has 1 saturated heterocycles. The molecule has 0 aromatic carbocycles. The van der Waals surface area contributed by atoms with E-state index in [-0.39, 0.29) is 17.8 Å². The van der Waals surface area contributed by atoms with Crippen molar-refractivity contribution < 1.29 is 9.53 Å². The smallest absolute Gasteiger partial charge is 0.253 e. The maximum absolute atomic E-state index is 12.1. The molecular formula is C12H16ClN3O2. The summed E-state index contributed by atoms with van der Waals surface area (Å²) in [5, 5.41) is 3.27. The molecule has 2 atom stereocenters. The van der Waals surface area contributed by atoms with E-state index >= 15 is 0 Å². The van der Waals surface area contributed by atoms with Crippen LogP contribution in [0.2, 0.25) is 5.02 Å². The van der Waals surface area contributed by atoms with Gasteiger partial charge in [0.1, 0.15) is 5.82 Å². The lowest BCUT2D eigenvalue weighted by Gasteiger charge is -2.29. The maximum Gasteiger partial charge on any atom is 0.253 e. The Morgan fingerprint density at radius 1 is 1.67 bits per heavy atom. The Morgan fingerprint density at radius 3 is 3.17 bits per heavy atom. The number of pyridine rings is 1. The predicted octanol–water partition coefficient (Wildman–Crippen LogP) is 1.47. The summed E-state index contributed by atoms with van der Waals surface area (Å²) in [5.74, 6) is 0.359. The summed E-state index contributed by atoms with van der Waals surface area (Å²) in [6, 6.07) is 1.60. The molecule has 3 N–H and O–H groups in total. The fourth-order valence-electron chi connectivity index (χ4n) is 1.97.